The monoisotopic (exact) mass is 352 g/mol. The summed E-state index contributed by atoms with van der Waals surface area (Å²) in [6.07, 6.45) is 23.0. The average molecular weight is 353 g/mol. The van der Waals surface area contributed by atoms with Gasteiger partial charge in [-0.25, -0.2) is 0 Å². The fourth-order valence-electron chi connectivity index (χ4n) is 2.59. The number of fused-ring (bicyclic) bond motifs is 1. The molecular formula is C26H40. The topological polar surface area (TPSA) is 0 Å². The fourth-order valence-corrected chi connectivity index (χ4v) is 2.59. The third-order valence-electron chi connectivity index (χ3n) is 4.01. The van der Waals surface area contributed by atoms with Crippen LogP contribution in [0.4, 0.5) is 0 Å². The minimum Gasteiger partial charge on any atom is -0.103 e. The van der Waals surface area contributed by atoms with E-state index in [1.165, 1.54) is 22.3 Å². The van der Waals surface area contributed by atoms with Crippen LogP contribution < -0.4 is 0 Å². The van der Waals surface area contributed by atoms with Crippen molar-refractivity contribution in [3.05, 3.63) is 96.2 Å². The van der Waals surface area contributed by atoms with Crippen LogP contribution in [0.25, 0.3) is 0 Å². The second-order valence-electron chi connectivity index (χ2n) is 5.43. The third-order valence-corrected chi connectivity index (χ3v) is 4.01. The lowest BCUT2D eigenvalue weighted by Crippen LogP contribution is -1.98. The highest BCUT2D eigenvalue weighted by atomic mass is 14.3. The first-order chi connectivity index (χ1) is 12.7. The molecule has 0 fully saturated rings. The molecule has 0 spiro atoms. The van der Waals surface area contributed by atoms with Crippen molar-refractivity contribution in [3.8, 4) is 0 Å². The molecule has 0 bridgehead atoms. The van der Waals surface area contributed by atoms with Gasteiger partial charge in [0.1, 0.15) is 0 Å². The van der Waals surface area contributed by atoms with Gasteiger partial charge in [0.15, 0.2) is 0 Å². The van der Waals surface area contributed by atoms with Gasteiger partial charge < -0.3 is 0 Å². The van der Waals surface area contributed by atoms with E-state index in [2.05, 4.69) is 70.4 Å². The second-order valence-corrected chi connectivity index (χ2v) is 5.43. The highest BCUT2D eigenvalue weighted by Gasteiger charge is 2.25. The zero-order chi connectivity index (χ0) is 20.4. The molecule has 0 aliphatic heterocycles. The van der Waals surface area contributed by atoms with E-state index in [0.717, 1.165) is 12.8 Å². The minimum absolute atomic E-state index is 0.572. The van der Waals surface area contributed by atoms with Crippen molar-refractivity contribution < 1.29 is 0 Å². The Morgan fingerprint density at radius 2 is 1.62 bits per heavy atom. The molecule has 0 aromatic heterocycles. The van der Waals surface area contributed by atoms with Crippen LogP contribution in [-0.4, -0.2) is 0 Å². The third kappa shape index (κ3) is 8.85. The Labute approximate surface area is 163 Å². The van der Waals surface area contributed by atoms with E-state index in [9.17, 15) is 0 Å². The van der Waals surface area contributed by atoms with Gasteiger partial charge in [0.05, 0.1) is 0 Å². The lowest BCUT2D eigenvalue weighted by atomic mass is 9.93. The Balaban J connectivity index is 0. The summed E-state index contributed by atoms with van der Waals surface area (Å²) >= 11 is 0. The predicted molar refractivity (Wildman–Crippen MR) is 123 cm³/mol. The highest BCUT2D eigenvalue weighted by molar-refractivity contribution is 5.58. The molecule has 0 aromatic carbocycles. The van der Waals surface area contributed by atoms with Gasteiger partial charge >= 0.3 is 0 Å². The molecule has 0 heteroatoms. The normalized spacial score (nSPS) is 17.6. The second kappa shape index (κ2) is 17.7. The molecule has 0 saturated carbocycles. The molecule has 1 atom stereocenters. The van der Waals surface area contributed by atoms with Crippen LogP contribution in [0.5, 0.6) is 0 Å². The van der Waals surface area contributed by atoms with E-state index >= 15 is 0 Å². The maximum absolute atomic E-state index is 3.67. The lowest BCUT2D eigenvalue weighted by molar-refractivity contribution is 0.757. The standard InChI is InChI=1S/C18H20.C4H8.2C2H6/c1-4-5-6-8-11-16-14(2)15(3)17-12-9-7-10-13-18(16)17;1-3-4-2;2*1-2/h4-11,13,17H,1,12H2,2-3H3;3H,1,4H2,2H3;2*1-2H3/b6-5-,11-8-;;;. The molecule has 2 rings (SSSR count). The van der Waals surface area contributed by atoms with Crippen LogP contribution in [0, 0.1) is 5.92 Å². The Morgan fingerprint density at radius 1 is 1.00 bits per heavy atom. The van der Waals surface area contributed by atoms with E-state index in [4.69, 9.17) is 0 Å². The van der Waals surface area contributed by atoms with Crippen LogP contribution in [0.3, 0.4) is 0 Å². The van der Waals surface area contributed by atoms with E-state index in [1.807, 2.05) is 45.9 Å². The summed E-state index contributed by atoms with van der Waals surface area (Å²) in [7, 11) is 0. The largest absolute Gasteiger partial charge is 0.103 e. The summed E-state index contributed by atoms with van der Waals surface area (Å²) in [4.78, 5) is 0. The molecule has 26 heavy (non-hydrogen) atoms. The van der Waals surface area contributed by atoms with Crippen LogP contribution in [0.2, 0.25) is 0 Å². The van der Waals surface area contributed by atoms with E-state index in [1.54, 1.807) is 6.08 Å². The van der Waals surface area contributed by atoms with Crippen molar-refractivity contribution in [2.45, 2.75) is 61.3 Å². The Kier molecular flexibility index (Phi) is 17.8. The van der Waals surface area contributed by atoms with Crippen molar-refractivity contribution in [1.29, 1.82) is 0 Å². The van der Waals surface area contributed by atoms with Crippen LogP contribution in [0.1, 0.15) is 61.3 Å². The molecule has 2 aliphatic rings. The zero-order valence-electron chi connectivity index (χ0n) is 18.2. The number of hydrogen-bond acceptors (Lipinski definition) is 0. The molecule has 2 aliphatic carbocycles. The summed E-state index contributed by atoms with van der Waals surface area (Å²) in [6, 6.07) is 0. The summed E-state index contributed by atoms with van der Waals surface area (Å²) < 4.78 is 0. The Hall–Kier alpha value is -2.08. The number of rotatable bonds is 4. The van der Waals surface area contributed by atoms with Crippen LogP contribution >= 0.6 is 0 Å². The summed E-state index contributed by atoms with van der Waals surface area (Å²) in [5, 5.41) is 0. The maximum Gasteiger partial charge on any atom is 0.00919 e. The molecule has 144 valence electrons. The van der Waals surface area contributed by atoms with E-state index in [-0.39, 0.29) is 0 Å². The number of hydrogen-bond donors (Lipinski definition) is 0. The van der Waals surface area contributed by atoms with Crippen molar-refractivity contribution >= 4 is 0 Å². The molecule has 0 heterocycles. The Bertz CT molecular complexity index is 571. The average Bonchev–Trinajstić information content (AvgIpc) is 2.87. The van der Waals surface area contributed by atoms with Crippen LogP contribution in [-0.2, 0) is 0 Å². The van der Waals surface area contributed by atoms with Crippen molar-refractivity contribution in [3.63, 3.8) is 0 Å². The minimum atomic E-state index is 0.572. The molecule has 0 N–H and O–H groups in total. The molecule has 0 saturated heterocycles. The molecule has 0 radical (unpaired) electrons. The van der Waals surface area contributed by atoms with Gasteiger partial charge in [0.2, 0.25) is 0 Å². The van der Waals surface area contributed by atoms with E-state index < -0.39 is 0 Å². The van der Waals surface area contributed by atoms with Gasteiger partial charge in [-0.05, 0) is 43.4 Å². The smallest absolute Gasteiger partial charge is 0.00919 e. The SMILES string of the molecule is C=C/C=C\C=C/C1=C2C=CC=CCC2C(C)=C1C.C=CCC.CC.CC. The van der Waals surface area contributed by atoms with Crippen molar-refractivity contribution in [2.24, 2.45) is 5.92 Å². The van der Waals surface area contributed by atoms with E-state index in [0.29, 0.717) is 5.92 Å². The lowest BCUT2D eigenvalue weighted by Gasteiger charge is -2.11. The van der Waals surface area contributed by atoms with Gasteiger partial charge in [-0.3, -0.25) is 0 Å². The van der Waals surface area contributed by atoms with Gasteiger partial charge in [0.25, 0.3) is 0 Å². The fraction of sp³-hybridized carbons (Fsp3) is 0.385. The molecule has 0 nitrogen and oxygen atoms in total. The van der Waals surface area contributed by atoms with Crippen LogP contribution in [0.15, 0.2) is 96.2 Å². The predicted octanol–water partition coefficient (Wildman–Crippen LogP) is 8.70. The first kappa shape index (κ1) is 26.2. The highest BCUT2D eigenvalue weighted by Crippen LogP contribution is 2.41. The number of allylic oxidation sites excluding steroid dienone is 14. The summed E-state index contributed by atoms with van der Waals surface area (Å²) in [6.45, 7) is 21.7. The first-order valence-corrected chi connectivity index (χ1v) is 9.99. The van der Waals surface area contributed by atoms with Gasteiger partial charge in [-0.2, -0.15) is 0 Å². The quantitative estimate of drug-likeness (QED) is 0.350. The molecule has 0 amide bonds. The van der Waals surface area contributed by atoms with Gasteiger partial charge in [-0.15, -0.1) is 6.58 Å². The maximum atomic E-state index is 3.67. The first-order valence-electron chi connectivity index (χ1n) is 9.99. The Morgan fingerprint density at radius 3 is 2.15 bits per heavy atom. The van der Waals surface area contributed by atoms with Gasteiger partial charge in [0, 0.05) is 5.92 Å². The zero-order valence-corrected chi connectivity index (χ0v) is 18.2. The molecule has 1 unspecified atom stereocenters. The van der Waals surface area contributed by atoms with Crippen molar-refractivity contribution in [1.82, 2.24) is 0 Å². The van der Waals surface area contributed by atoms with Gasteiger partial charge in [-0.1, -0.05) is 108 Å². The summed E-state index contributed by atoms with van der Waals surface area (Å²) in [5.41, 5.74) is 5.77. The molecule has 0 aromatic rings. The van der Waals surface area contributed by atoms with Crippen molar-refractivity contribution in [2.75, 3.05) is 0 Å². The summed E-state index contributed by atoms with van der Waals surface area (Å²) in [5.74, 6) is 0.572. The molecular weight excluding hydrogens is 312 g/mol.